The van der Waals surface area contributed by atoms with Gasteiger partial charge in [0.25, 0.3) is 0 Å². The lowest BCUT2D eigenvalue weighted by molar-refractivity contribution is -0.186. The maximum Gasteiger partial charge on any atom is 0.422 e. The highest BCUT2D eigenvalue weighted by molar-refractivity contribution is 5.69. The van der Waals surface area contributed by atoms with Gasteiger partial charge in [-0.15, -0.1) is 0 Å². The Balaban J connectivity index is 1.19. The largest absolute Gasteiger partial charge is 0.490 e. The fourth-order valence-electron chi connectivity index (χ4n) is 10.7. The first kappa shape index (κ1) is 33.8. The number of ether oxygens (including phenoxy) is 3. The van der Waals surface area contributed by atoms with Crippen molar-refractivity contribution < 1.29 is 32.2 Å². The summed E-state index contributed by atoms with van der Waals surface area (Å²) < 4.78 is 55.6. The number of carbonyl (C=O) groups is 1. The van der Waals surface area contributed by atoms with Gasteiger partial charge in [-0.05, 0) is 147 Å². The van der Waals surface area contributed by atoms with E-state index in [1.807, 2.05) is 48.5 Å². The summed E-state index contributed by atoms with van der Waals surface area (Å²) in [5, 5.41) is 0. The van der Waals surface area contributed by atoms with Crippen molar-refractivity contribution in [3.8, 4) is 11.5 Å². The molecule has 0 amide bonds. The lowest BCUT2D eigenvalue weighted by atomic mass is 9.43. The lowest BCUT2D eigenvalue weighted by Gasteiger charge is -2.63. The van der Waals surface area contributed by atoms with Gasteiger partial charge in [-0.1, -0.05) is 20.8 Å². The molecule has 4 saturated carbocycles. The van der Waals surface area contributed by atoms with Crippen molar-refractivity contribution in [2.45, 2.75) is 103 Å². The van der Waals surface area contributed by atoms with Gasteiger partial charge in [-0.3, -0.25) is 4.79 Å². The number of rotatable bonds is 9. The molecule has 0 aliphatic heterocycles. The summed E-state index contributed by atoms with van der Waals surface area (Å²) in [6.07, 6.45) is 4.80. The minimum absolute atomic E-state index is 0.0252. The number of anilines is 2. The standard InChI is InChI=1S/C38H51F3N2O4/c1-23(4-15-35(44)45-22-38(39,40)41)30-13-14-31-29-21-34(47-27-11-7-25(43)8-12-27)33-20-28(46-26-9-5-24(42)6-10-26)16-18-37(33,3)32(29)17-19-36(30,31)2/h5-12,23,28-34H,4,13-22,42-43H2,1-3H3/t23-,28?,29+,30-,31+,32+,33?,34?,36-,37-/m1/s1. The van der Waals surface area contributed by atoms with Crippen molar-refractivity contribution in [2.75, 3.05) is 18.1 Å². The van der Waals surface area contributed by atoms with Crippen LogP contribution in [0.1, 0.15) is 85.0 Å². The summed E-state index contributed by atoms with van der Waals surface area (Å²) in [5.41, 5.74) is 13.6. The van der Waals surface area contributed by atoms with Gasteiger partial charge in [0.05, 0.1) is 6.10 Å². The predicted molar refractivity (Wildman–Crippen MR) is 177 cm³/mol. The molecule has 0 spiro atoms. The van der Waals surface area contributed by atoms with Gasteiger partial charge >= 0.3 is 12.1 Å². The van der Waals surface area contributed by atoms with Gasteiger partial charge < -0.3 is 25.7 Å². The van der Waals surface area contributed by atoms with Crippen LogP contribution in [0.25, 0.3) is 0 Å². The quantitative estimate of drug-likeness (QED) is 0.207. The number of carbonyl (C=O) groups excluding carboxylic acids is 1. The van der Waals surface area contributed by atoms with Gasteiger partial charge in [0.15, 0.2) is 6.61 Å². The normalized spacial score (nSPS) is 35.6. The minimum Gasteiger partial charge on any atom is -0.490 e. The van der Waals surface area contributed by atoms with E-state index in [1.165, 1.54) is 6.42 Å². The molecule has 2 aromatic rings. The summed E-state index contributed by atoms with van der Waals surface area (Å²) in [7, 11) is 0. The number of hydrogen-bond acceptors (Lipinski definition) is 6. The molecule has 9 heteroatoms. The lowest BCUT2D eigenvalue weighted by Crippen LogP contribution is -2.59. The highest BCUT2D eigenvalue weighted by atomic mass is 19.4. The van der Waals surface area contributed by atoms with Gasteiger partial charge in [-0.2, -0.15) is 13.2 Å². The number of nitrogen functional groups attached to an aromatic ring is 2. The van der Waals surface area contributed by atoms with Crippen LogP contribution in [0.15, 0.2) is 48.5 Å². The third kappa shape index (κ3) is 7.05. The van der Waals surface area contributed by atoms with Crippen molar-refractivity contribution in [3.05, 3.63) is 48.5 Å². The van der Waals surface area contributed by atoms with Crippen molar-refractivity contribution in [2.24, 2.45) is 46.3 Å². The maximum atomic E-state index is 12.5. The number of benzene rings is 2. The minimum atomic E-state index is -4.50. The summed E-state index contributed by atoms with van der Waals surface area (Å²) in [4.78, 5) is 12.1. The molecule has 0 heterocycles. The molecule has 4 N–H and O–H groups in total. The Morgan fingerprint density at radius 2 is 1.43 bits per heavy atom. The Morgan fingerprint density at radius 3 is 2.06 bits per heavy atom. The Hall–Kier alpha value is -3.10. The van der Waals surface area contributed by atoms with Crippen LogP contribution in [0.3, 0.4) is 0 Å². The molecule has 0 saturated heterocycles. The van der Waals surface area contributed by atoms with Crippen molar-refractivity contribution in [3.63, 3.8) is 0 Å². The van der Waals surface area contributed by atoms with E-state index in [4.69, 9.17) is 20.9 Å². The number of esters is 1. The van der Waals surface area contributed by atoms with Crippen molar-refractivity contribution >= 4 is 17.3 Å². The number of halogens is 3. The fraction of sp³-hybridized carbons (Fsp3) is 0.658. The zero-order valence-electron chi connectivity index (χ0n) is 27.9. The van der Waals surface area contributed by atoms with Crippen molar-refractivity contribution in [1.29, 1.82) is 0 Å². The Labute approximate surface area is 277 Å². The monoisotopic (exact) mass is 656 g/mol. The second-order valence-electron chi connectivity index (χ2n) is 15.6. The molecule has 4 fully saturated rings. The molecule has 0 radical (unpaired) electrons. The molecule has 3 unspecified atom stereocenters. The van der Waals surface area contributed by atoms with Crippen LogP contribution in [0.4, 0.5) is 24.5 Å². The zero-order chi connectivity index (χ0) is 33.6. The van der Waals surface area contributed by atoms with E-state index in [2.05, 4.69) is 25.5 Å². The molecule has 2 aromatic carbocycles. The maximum absolute atomic E-state index is 12.5. The summed E-state index contributed by atoms with van der Waals surface area (Å²) in [6.45, 7) is 5.62. The van der Waals surface area contributed by atoms with E-state index < -0.39 is 18.8 Å². The molecule has 6 rings (SSSR count). The van der Waals surface area contributed by atoms with E-state index in [1.54, 1.807) is 0 Å². The van der Waals surface area contributed by atoms with E-state index in [9.17, 15) is 18.0 Å². The van der Waals surface area contributed by atoms with Gasteiger partial charge in [0.1, 0.15) is 17.6 Å². The Morgan fingerprint density at radius 1 is 0.830 bits per heavy atom. The van der Waals surface area contributed by atoms with E-state index >= 15 is 0 Å². The van der Waals surface area contributed by atoms with Crippen molar-refractivity contribution in [1.82, 2.24) is 0 Å². The SMILES string of the molecule is C[C@H](CCC(=O)OCC(F)(F)F)[C@H]1CC[C@H]2[C@@H]3CC(Oc4ccc(N)cc4)C4CC(Oc5ccc(N)cc5)CC[C@]4(C)[C@H]3CC[C@]12C. The molecule has 4 aliphatic rings. The van der Waals surface area contributed by atoms with Crippen LogP contribution in [0.2, 0.25) is 0 Å². The van der Waals surface area contributed by atoms with Crippen LogP contribution in [0.5, 0.6) is 11.5 Å². The first-order chi connectivity index (χ1) is 22.2. The number of fused-ring (bicyclic) bond motifs is 5. The molecule has 258 valence electrons. The Kier molecular flexibility index (Phi) is 9.40. The number of nitrogens with two attached hydrogens (primary N) is 2. The highest BCUT2D eigenvalue weighted by Gasteiger charge is 2.63. The van der Waals surface area contributed by atoms with Gasteiger partial charge in [0.2, 0.25) is 0 Å². The summed E-state index contributed by atoms with van der Waals surface area (Å²) in [6, 6.07) is 15.4. The average molecular weight is 657 g/mol. The van der Waals surface area contributed by atoms with Gasteiger partial charge in [0, 0.05) is 23.7 Å². The van der Waals surface area contributed by atoms with E-state index in [0.717, 1.165) is 62.1 Å². The third-order valence-electron chi connectivity index (χ3n) is 12.9. The molecular weight excluding hydrogens is 605 g/mol. The average Bonchev–Trinajstić information content (AvgIpc) is 3.38. The summed E-state index contributed by atoms with van der Waals surface area (Å²) in [5.74, 6) is 3.61. The fourth-order valence-corrected chi connectivity index (χ4v) is 10.7. The topological polar surface area (TPSA) is 96.8 Å². The van der Waals surface area contributed by atoms with E-state index in [0.29, 0.717) is 41.7 Å². The van der Waals surface area contributed by atoms with Crippen LogP contribution < -0.4 is 20.9 Å². The van der Waals surface area contributed by atoms with Gasteiger partial charge in [-0.25, -0.2) is 0 Å². The van der Waals surface area contributed by atoms with Crippen LogP contribution in [-0.4, -0.2) is 31.0 Å². The summed E-state index contributed by atoms with van der Waals surface area (Å²) >= 11 is 0. The first-order valence-electron chi connectivity index (χ1n) is 17.5. The molecular formula is C38H51F3N2O4. The Bertz CT molecular complexity index is 1380. The second kappa shape index (κ2) is 13.1. The number of alkyl halides is 3. The molecule has 47 heavy (non-hydrogen) atoms. The van der Waals surface area contributed by atoms with Crippen LogP contribution in [0, 0.1) is 46.3 Å². The molecule has 6 nitrogen and oxygen atoms in total. The zero-order valence-corrected chi connectivity index (χ0v) is 27.9. The first-order valence-corrected chi connectivity index (χ1v) is 17.5. The van der Waals surface area contributed by atoms with Crippen LogP contribution >= 0.6 is 0 Å². The highest BCUT2D eigenvalue weighted by Crippen LogP contribution is 2.68. The second-order valence-corrected chi connectivity index (χ2v) is 15.6. The number of hydrogen-bond donors (Lipinski definition) is 2. The molecule has 4 aliphatic carbocycles. The molecule has 0 bridgehead atoms. The smallest absolute Gasteiger partial charge is 0.422 e. The molecule has 0 aromatic heterocycles. The van der Waals surface area contributed by atoms with E-state index in [-0.39, 0.29) is 35.4 Å². The molecule has 10 atom stereocenters. The van der Waals surface area contributed by atoms with Crippen LogP contribution in [-0.2, 0) is 9.53 Å². The third-order valence-corrected chi connectivity index (χ3v) is 12.9. The predicted octanol–water partition coefficient (Wildman–Crippen LogP) is 8.84.